The Morgan fingerprint density at radius 3 is 2.18 bits per heavy atom. The van der Waals surface area contributed by atoms with Crippen molar-refractivity contribution in [2.75, 3.05) is 13.1 Å². The largest absolute Gasteiger partial charge is 0.508 e. The van der Waals surface area contributed by atoms with Crippen LogP contribution in [0.2, 0.25) is 0 Å². The lowest BCUT2D eigenvalue weighted by Gasteiger charge is -2.25. The van der Waals surface area contributed by atoms with Gasteiger partial charge in [0.05, 0.1) is 12.5 Å². The van der Waals surface area contributed by atoms with Crippen molar-refractivity contribution in [2.24, 2.45) is 22.2 Å². The van der Waals surface area contributed by atoms with E-state index in [4.69, 9.17) is 17.2 Å². The number of phenols is 1. The van der Waals surface area contributed by atoms with Crippen LogP contribution < -0.4 is 38.5 Å². The molecule has 1 aromatic rings. The number of amides is 4. The van der Waals surface area contributed by atoms with E-state index in [1.54, 1.807) is 12.1 Å². The predicted octanol–water partition coefficient (Wildman–Crippen LogP) is -2.85. The van der Waals surface area contributed by atoms with Crippen LogP contribution in [0.1, 0.15) is 37.7 Å². The second kappa shape index (κ2) is 15.1. The second-order valence-corrected chi connectivity index (χ2v) is 9.16. The number of nitrogens with one attached hydrogen (secondary N) is 4. The summed E-state index contributed by atoms with van der Waals surface area (Å²) in [5.41, 5.74) is 16.4. The highest BCUT2D eigenvalue weighted by molar-refractivity contribution is 5.95. The molecule has 4 unspecified atom stereocenters. The molecule has 0 aromatic heterocycles. The molecule has 15 nitrogen and oxygen atoms in total. The topological polar surface area (TPSA) is 264 Å². The van der Waals surface area contributed by atoms with Crippen LogP contribution in [0.3, 0.4) is 0 Å². The van der Waals surface area contributed by atoms with Crippen LogP contribution in [0.25, 0.3) is 0 Å². The molecule has 0 aliphatic carbocycles. The summed E-state index contributed by atoms with van der Waals surface area (Å²) in [7, 11) is 0. The maximum absolute atomic E-state index is 13.4. The molecule has 2 rings (SSSR count). The average molecular weight is 549 g/mol. The standard InChI is InChI=1S/C24H36N8O7/c25-19(34)12-18(23(38)39)32-21(36)16(4-2-10-29-24(26)27)30-22(37)17(11-13-5-7-14(33)8-6-13)31-20(35)15-3-1-9-28-15/h5-8,15-18,28,33H,1-4,9-12H2,(H2,25,34)(H,30,37)(H,31,35)(H,32,36)(H,38,39)(H4,26,27,29). The first-order valence-corrected chi connectivity index (χ1v) is 12.4. The van der Waals surface area contributed by atoms with Gasteiger partial charge in [-0.3, -0.25) is 24.2 Å². The number of guanidine groups is 1. The lowest BCUT2D eigenvalue weighted by molar-refractivity contribution is -0.143. The summed E-state index contributed by atoms with van der Waals surface area (Å²) in [6.45, 7) is 0.799. The van der Waals surface area contributed by atoms with Crippen LogP contribution in [0.4, 0.5) is 0 Å². The maximum atomic E-state index is 13.4. The van der Waals surface area contributed by atoms with Crippen LogP contribution in [0, 0.1) is 0 Å². The van der Waals surface area contributed by atoms with Crippen LogP contribution in [-0.4, -0.2) is 83.0 Å². The molecule has 0 spiro atoms. The van der Waals surface area contributed by atoms with E-state index in [1.807, 2.05) is 0 Å². The van der Waals surface area contributed by atoms with Crippen molar-refractivity contribution in [2.45, 2.75) is 62.7 Å². The molecule has 214 valence electrons. The van der Waals surface area contributed by atoms with Crippen LogP contribution in [0.15, 0.2) is 29.3 Å². The Labute approximate surface area is 225 Å². The minimum Gasteiger partial charge on any atom is -0.508 e. The Hall–Kier alpha value is -4.40. The summed E-state index contributed by atoms with van der Waals surface area (Å²) in [5, 5.41) is 29.5. The van der Waals surface area contributed by atoms with Gasteiger partial charge < -0.3 is 48.7 Å². The summed E-state index contributed by atoms with van der Waals surface area (Å²) in [6, 6.07) is 1.65. The number of aliphatic carboxylic acids is 1. The fraction of sp³-hybridized carbons (Fsp3) is 0.500. The minimum absolute atomic E-state index is 0.0152. The Morgan fingerprint density at radius 1 is 0.974 bits per heavy atom. The molecule has 0 radical (unpaired) electrons. The second-order valence-electron chi connectivity index (χ2n) is 9.16. The number of aromatic hydroxyl groups is 1. The van der Waals surface area contributed by atoms with Crippen LogP contribution >= 0.6 is 0 Å². The number of carboxylic acid groups (broad SMARTS) is 1. The number of nitrogens with zero attached hydrogens (tertiary/aromatic N) is 1. The van der Waals surface area contributed by atoms with E-state index < -0.39 is 54.3 Å². The van der Waals surface area contributed by atoms with E-state index >= 15 is 0 Å². The summed E-state index contributed by atoms with van der Waals surface area (Å²) < 4.78 is 0. The van der Waals surface area contributed by atoms with Gasteiger partial charge in [0.25, 0.3) is 0 Å². The molecule has 4 atom stereocenters. The van der Waals surface area contributed by atoms with Gasteiger partial charge >= 0.3 is 5.97 Å². The summed E-state index contributed by atoms with van der Waals surface area (Å²) >= 11 is 0. The number of rotatable bonds is 15. The van der Waals surface area contributed by atoms with Gasteiger partial charge in [-0.15, -0.1) is 0 Å². The highest BCUT2D eigenvalue weighted by Gasteiger charge is 2.32. The molecule has 1 aromatic carbocycles. The maximum Gasteiger partial charge on any atom is 0.326 e. The Balaban J connectivity index is 2.23. The van der Waals surface area contributed by atoms with E-state index in [2.05, 4.69) is 26.3 Å². The van der Waals surface area contributed by atoms with E-state index in [-0.39, 0.29) is 43.4 Å². The van der Waals surface area contributed by atoms with Gasteiger partial charge in [-0.05, 0) is 49.9 Å². The van der Waals surface area contributed by atoms with Crippen molar-refractivity contribution in [1.82, 2.24) is 21.3 Å². The third kappa shape index (κ3) is 10.9. The number of carboxylic acids is 1. The fourth-order valence-corrected chi connectivity index (χ4v) is 3.98. The quantitative estimate of drug-likeness (QED) is 0.0615. The van der Waals surface area contributed by atoms with Gasteiger partial charge in [-0.2, -0.15) is 0 Å². The summed E-state index contributed by atoms with van der Waals surface area (Å²) in [4.78, 5) is 65.8. The zero-order chi connectivity index (χ0) is 28.9. The van der Waals surface area contributed by atoms with E-state index in [9.17, 15) is 34.2 Å². The van der Waals surface area contributed by atoms with Gasteiger partial charge in [-0.1, -0.05) is 12.1 Å². The number of aliphatic imine (C=N–C) groups is 1. The van der Waals surface area contributed by atoms with Crippen LogP contribution in [0.5, 0.6) is 5.75 Å². The molecule has 1 heterocycles. The lowest BCUT2D eigenvalue weighted by atomic mass is 10.0. The number of carbonyl (C=O) groups is 5. The number of hydrogen-bond acceptors (Lipinski definition) is 8. The average Bonchev–Trinajstić information content (AvgIpc) is 3.41. The van der Waals surface area contributed by atoms with E-state index in [1.165, 1.54) is 12.1 Å². The molecule has 1 fully saturated rings. The summed E-state index contributed by atoms with van der Waals surface area (Å²) in [5.74, 6) is -4.49. The highest BCUT2D eigenvalue weighted by atomic mass is 16.4. The molecule has 4 amide bonds. The molecular weight excluding hydrogens is 512 g/mol. The van der Waals surface area contributed by atoms with Gasteiger partial charge in [0, 0.05) is 13.0 Å². The van der Waals surface area contributed by atoms with Crippen molar-refractivity contribution >= 4 is 35.6 Å². The molecule has 1 saturated heterocycles. The van der Waals surface area contributed by atoms with Crippen molar-refractivity contribution in [1.29, 1.82) is 0 Å². The van der Waals surface area contributed by atoms with Crippen LogP contribution in [-0.2, 0) is 30.4 Å². The number of carbonyl (C=O) groups excluding carboxylic acids is 4. The first-order valence-electron chi connectivity index (χ1n) is 12.4. The molecule has 39 heavy (non-hydrogen) atoms. The van der Waals surface area contributed by atoms with Gasteiger partial charge in [-0.25, -0.2) is 4.79 Å². The molecule has 1 aliphatic heterocycles. The van der Waals surface area contributed by atoms with E-state index in [0.717, 1.165) is 6.42 Å². The third-order valence-corrected chi connectivity index (χ3v) is 5.98. The van der Waals surface area contributed by atoms with Gasteiger partial charge in [0.1, 0.15) is 23.9 Å². The number of phenolic OH excluding ortho intramolecular Hbond substituents is 1. The Morgan fingerprint density at radius 2 is 1.62 bits per heavy atom. The van der Waals surface area contributed by atoms with Crippen molar-refractivity contribution < 1.29 is 34.2 Å². The SMILES string of the molecule is NC(=O)CC(NC(=O)C(CCCN=C(N)N)NC(=O)C(Cc1ccc(O)cc1)NC(=O)C1CCCN1)C(=O)O. The Kier molecular flexibility index (Phi) is 11.9. The molecule has 12 N–H and O–H groups in total. The zero-order valence-electron chi connectivity index (χ0n) is 21.4. The molecule has 15 heteroatoms. The third-order valence-electron chi connectivity index (χ3n) is 5.98. The molecule has 0 bridgehead atoms. The zero-order valence-corrected chi connectivity index (χ0v) is 21.4. The van der Waals surface area contributed by atoms with Crippen molar-refractivity contribution in [3.63, 3.8) is 0 Å². The lowest BCUT2D eigenvalue weighted by Crippen LogP contribution is -2.57. The summed E-state index contributed by atoms with van der Waals surface area (Å²) in [6.07, 6.45) is 1.06. The minimum atomic E-state index is -1.60. The number of primary amides is 1. The number of nitrogens with two attached hydrogens (primary N) is 3. The smallest absolute Gasteiger partial charge is 0.326 e. The monoisotopic (exact) mass is 548 g/mol. The Bertz CT molecular complexity index is 1050. The first-order chi connectivity index (χ1) is 18.5. The number of benzene rings is 1. The van der Waals surface area contributed by atoms with E-state index in [0.29, 0.717) is 18.5 Å². The van der Waals surface area contributed by atoms with Gasteiger partial charge in [0.2, 0.25) is 23.6 Å². The van der Waals surface area contributed by atoms with Crippen molar-refractivity contribution in [3.05, 3.63) is 29.8 Å². The normalized spacial score (nSPS) is 16.8. The first kappa shape index (κ1) is 30.8. The number of hydrogen-bond donors (Lipinski definition) is 9. The fourth-order valence-electron chi connectivity index (χ4n) is 3.98. The predicted molar refractivity (Wildman–Crippen MR) is 140 cm³/mol. The molecule has 0 saturated carbocycles. The van der Waals surface area contributed by atoms with Crippen molar-refractivity contribution in [3.8, 4) is 5.75 Å². The molecule has 1 aliphatic rings. The molecular formula is C24H36N8O7. The van der Waals surface area contributed by atoms with Gasteiger partial charge in [0.15, 0.2) is 5.96 Å². The highest BCUT2D eigenvalue weighted by Crippen LogP contribution is 2.13.